The van der Waals surface area contributed by atoms with Gasteiger partial charge in [-0.15, -0.1) is 0 Å². The summed E-state index contributed by atoms with van der Waals surface area (Å²) in [5, 5.41) is 12.2. The van der Waals surface area contributed by atoms with Gasteiger partial charge in [-0.1, -0.05) is 23.7 Å². The van der Waals surface area contributed by atoms with Gasteiger partial charge in [-0.25, -0.2) is 4.79 Å². The first-order valence-electron chi connectivity index (χ1n) is 6.55. The van der Waals surface area contributed by atoms with Crippen molar-refractivity contribution in [3.05, 3.63) is 64.4 Å². The van der Waals surface area contributed by atoms with Crippen molar-refractivity contribution in [2.24, 2.45) is 0 Å². The van der Waals surface area contributed by atoms with E-state index in [4.69, 9.17) is 11.6 Å². The van der Waals surface area contributed by atoms with Gasteiger partial charge in [0.2, 0.25) is 0 Å². The number of amides is 1. The van der Waals surface area contributed by atoms with Crippen molar-refractivity contribution in [3.8, 4) is 6.07 Å². The van der Waals surface area contributed by atoms with Gasteiger partial charge in [0.05, 0.1) is 18.7 Å². The first kappa shape index (κ1) is 16.5. The van der Waals surface area contributed by atoms with Crippen LogP contribution in [0, 0.1) is 11.3 Å². The molecule has 0 saturated heterocycles. The molecule has 1 atom stereocenters. The molecule has 116 valence electrons. The van der Waals surface area contributed by atoms with Crippen LogP contribution in [0.1, 0.15) is 32.5 Å². The predicted molar refractivity (Wildman–Crippen MR) is 82.8 cm³/mol. The Kier molecular flexibility index (Phi) is 5.28. The molecule has 23 heavy (non-hydrogen) atoms. The lowest BCUT2D eigenvalue weighted by atomic mass is 10.1. The van der Waals surface area contributed by atoms with Crippen LogP contribution in [0.5, 0.6) is 0 Å². The number of nitrogens with one attached hydrogen (secondary N) is 1. The number of hydrogen-bond acceptors (Lipinski definition) is 5. The quantitative estimate of drug-likeness (QED) is 0.870. The fourth-order valence-electron chi connectivity index (χ4n) is 1.85. The zero-order valence-corrected chi connectivity index (χ0v) is 12.9. The number of hydrogen-bond donors (Lipinski definition) is 1. The minimum absolute atomic E-state index is 0.0833. The lowest BCUT2D eigenvalue weighted by Gasteiger charge is -2.12. The molecule has 0 fully saturated rings. The number of ether oxygens (including phenoxy) is 1. The third-order valence-corrected chi connectivity index (χ3v) is 3.24. The maximum atomic E-state index is 12.1. The highest BCUT2D eigenvalue weighted by atomic mass is 35.5. The smallest absolute Gasteiger partial charge is 0.339 e. The zero-order valence-electron chi connectivity index (χ0n) is 12.1. The van der Waals surface area contributed by atoms with Crippen LogP contribution in [-0.4, -0.2) is 24.0 Å². The van der Waals surface area contributed by atoms with Crippen molar-refractivity contribution >= 4 is 23.5 Å². The van der Waals surface area contributed by atoms with Crippen molar-refractivity contribution in [1.29, 1.82) is 5.26 Å². The third-order valence-electron chi connectivity index (χ3n) is 3.00. The van der Waals surface area contributed by atoms with E-state index in [9.17, 15) is 14.9 Å². The lowest BCUT2D eigenvalue weighted by Crippen LogP contribution is -2.28. The first-order valence-corrected chi connectivity index (χ1v) is 6.93. The van der Waals surface area contributed by atoms with Crippen molar-refractivity contribution in [2.75, 3.05) is 7.11 Å². The molecule has 1 aromatic heterocycles. The van der Waals surface area contributed by atoms with Crippen molar-refractivity contribution < 1.29 is 14.3 Å². The molecule has 7 heteroatoms. The highest BCUT2D eigenvalue weighted by Crippen LogP contribution is 2.17. The average Bonchev–Trinajstić information content (AvgIpc) is 2.58. The second kappa shape index (κ2) is 7.38. The summed E-state index contributed by atoms with van der Waals surface area (Å²) in [4.78, 5) is 27.4. The number of pyridine rings is 1. The van der Waals surface area contributed by atoms with Crippen LogP contribution in [0.25, 0.3) is 0 Å². The topological polar surface area (TPSA) is 92.1 Å². The molecule has 1 amide bonds. The van der Waals surface area contributed by atoms with Gasteiger partial charge in [0.15, 0.2) is 0 Å². The van der Waals surface area contributed by atoms with Crippen LogP contribution >= 0.6 is 11.6 Å². The van der Waals surface area contributed by atoms with Gasteiger partial charge in [-0.2, -0.15) is 5.26 Å². The average molecular weight is 330 g/mol. The molecule has 0 spiro atoms. The van der Waals surface area contributed by atoms with Gasteiger partial charge in [-0.3, -0.25) is 9.78 Å². The molecule has 6 nitrogen and oxygen atoms in total. The van der Waals surface area contributed by atoms with Gasteiger partial charge in [0, 0.05) is 11.2 Å². The summed E-state index contributed by atoms with van der Waals surface area (Å²) in [6.45, 7) is 0. The van der Waals surface area contributed by atoms with E-state index in [2.05, 4.69) is 15.0 Å². The van der Waals surface area contributed by atoms with Crippen LogP contribution in [-0.2, 0) is 4.74 Å². The largest absolute Gasteiger partial charge is 0.465 e. The molecule has 0 bridgehead atoms. The molecule has 0 aliphatic heterocycles. The maximum absolute atomic E-state index is 12.1. The maximum Gasteiger partial charge on any atom is 0.339 e. The molecule has 0 unspecified atom stereocenters. The van der Waals surface area contributed by atoms with Gasteiger partial charge in [0.1, 0.15) is 11.7 Å². The number of methoxy groups -OCH3 is 1. The van der Waals surface area contributed by atoms with E-state index in [0.29, 0.717) is 10.6 Å². The number of nitrogens with zero attached hydrogens (tertiary/aromatic N) is 2. The number of halogens is 1. The van der Waals surface area contributed by atoms with E-state index in [-0.39, 0.29) is 11.3 Å². The predicted octanol–water partition coefficient (Wildman–Crippen LogP) is 2.52. The Hall–Kier alpha value is -2.91. The highest BCUT2D eigenvalue weighted by Gasteiger charge is 2.17. The number of rotatable bonds is 4. The number of carbonyl (C=O) groups excluding carboxylic acids is 2. The Morgan fingerprint density at radius 1 is 1.35 bits per heavy atom. The normalized spacial score (nSPS) is 11.2. The Labute approximate surface area is 137 Å². The molecule has 2 rings (SSSR count). The van der Waals surface area contributed by atoms with E-state index >= 15 is 0 Å². The van der Waals surface area contributed by atoms with Crippen LogP contribution in [0.15, 0.2) is 42.6 Å². The monoisotopic (exact) mass is 329 g/mol. The van der Waals surface area contributed by atoms with E-state index in [0.717, 1.165) is 0 Å². The number of esters is 1. The summed E-state index contributed by atoms with van der Waals surface area (Å²) < 4.78 is 4.55. The van der Waals surface area contributed by atoms with Gasteiger partial charge < -0.3 is 10.1 Å². The number of nitriles is 1. The molecule has 0 saturated carbocycles. The summed E-state index contributed by atoms with van der Waals surface area (Å²) in [6, 6.07) is 10.6. The first-order chi connectivity index (χ1) is 11.0. The molecule has 0 radical (unpaired) electrons. The summed E-state index contributed by atoms with van der Waals surface area (Å²) in [5.74, 6) is -1.08. The van der Waals surface area contributed by atoms with Crippen LogP contribution in [0.4, 0.5) is 0 Å². The lowest BCUT2D eigenvalue weighted by molar-refractivity contribution is 0.0599. The number of benzene rings is 1. The Morgan fingerprint density at radius 2 is 2.13 bits per heavy atom. The van der Waals surface area contributed by atoms with Crippen LogP contribution in [0.3, 0.4) is 0 Å². The van der Waals surface area contributed by atoms with Gasteiger partial charge in [0.25, 0.3) is 5.91 Å². The Bertz CT molecular complexity index is 769. The standard InChI is InChI=1S/C16H12ClN3O3/c1-23-16(22)11-5-6-13(19-9-11)15(21)20-14(8-18)10-3-2-4-12(17)7-10/h2-7,9,14H,1H3,(H,20,21)/t14-/m1/s1. The van der Waals surface area contributed by atoms with E-state index in [1.165, 1.54) is 25.4 Å². The SMILES string of the molecule is COC(=O)c1ccc(C(=O)N[C@H](C#N)c2cccc(Cl)c2)nc1. The zero-order chi connectivity index (χ0) is 16.8. The highest BCUT2D eigenvalue weighted by molar-refractivity contribution is 6.30. The summed E-state index contributed by atoms with van der Waals surface area (Å²) in [5.41, 5.74) is 0.884. The fraction of sp³-hybridized carbons (Fsp3) is 0.125. The molecule has 0 aliphatic carbocycles. The number of carbonyl (C=O) groups is 2. The van der Waals surface area contributed by atoms with Crippen molar-refractivity contribution in [1.82, 2.24) is 10.3 Å². The number of aromatic nitrogens is 1. The molecule has 2 aromatic rings. The van der Waals surface area contributed by atoms with E-state index < -0.39 is 17.9 Å². The Balaban J connectivity index is 2.14. The molecule has 1 N–H and O–H groups in total. The van der Waals surface area contributed by atoms with Crippen molar-refractivity contribution in [2.45, 2.75) is 6.04 Å². The van der Waals surface area contributed by atoms with E-state index in [1.807, 2.05) is 6.07 Å². The minimum atomic E-state index is -0.858. The summed E-state index contributed by atoms with van der Waals surface area (Å²) in [6.07, 6.45) is 1.24. The molecular formula is C16H12ClN3O3. The third kappa shape index (κ3) is 4.05. The fourth-order valence-corrected chi connectivity index (χ4v) is 2.05. The molecule has 0 aliphatic rings. The molecular weight excluding hydrogens is 318 g/mol. The Morgan fingerprint density at radius 3 is 2.70 bits per heavy atom. The summed E-state index contributed by atoms with van der Waals surface area (Å²) >= 11 is 5.88. The van der Waals surface area contributed by atoms with E-state index in [1.54, 1.807) is 24.3 Å². The minimum Gasteiger partial charge on any atom is -0.465 e. The second-order valence-electron chi connectivity index (χ2n) is 4.51. The van der Waals surface area contributed by atoms with Crippen LogP contribution in [0.2, 0.25) is 5.02 Å². The molecule has 1 aromatic carbocycles. The van der Waals surface area contributed by atoms with Crippen molar-refractivity contribution in [3.63, 3.8) is 0 Å². The van der Waals surface area contributed by atoms with Gasteiger partial charge >= 0.3 is 5.97 Å². The summed E-state index contributed by atoms with van der Waals surface area (Å²) in [7, 11) is 1.26. The second-order valence-corrected chi connectivity index (χ2v) is 4.95. The molecule has 1 heterocycles. The van der Waals surface area contributed by atoms with Gasteiger partial charge in [-0.05, 0) is 29.8 Å². The van der Waals surface area contributed by atoms with Crippen LogP contribution < -0.4 is 5.32 Å².